The van der Waals surface area contributed by atoms with E-state index >= 15 is 0 Å². The SMILES string of the molecule is CC1=CC(=CC2=C(O)C(=Cc3cc(C)[s+]c(C)c3)C2O)C=C(C)S1. The number of hydrogen-bond donors (Lipinski definition) is 2. The predicted octanol–water partition coefficient (Wildman–Crippen LogP) is 5.70. The number of aliphatic hydroxyl groups is 2. The highest BCUT2D eigenvalue weighted by atomic mass is 32.2. The molecular weight excluding hydrogens is 336 g/mol. The molecule has 0 radical (unpaired) electrons. The average Bonchev–Trinajstić information content (AvgIpc) is 2.48. The second kappa shape index (κ2) is 6.71. The molecule has 0 amide bonds. The van der Waals surface area contributed by atoms with Crippen molar-refractivity contribution >= 4 is 29.2 Å². The van der Waals surface area contributed by atoms with Gasteiger partial charge in [0.2, 0.25) is 21.1 Å². The van der Waals surface area contributed by atoms with Crippen LogP contribution in [0.1, 0.15) is 29.2 Å². The second-order valence-electron chi connectivity index (χ2n) is 6.17. The standard InChI is InChI=1S/C20H20O2S2/c1-11-5-15(6-12(2)23-11)9-17-19(21)18(20(17)22)10-16-7-13(3)24-14(4)8-16/h5-10,19,21H,1-4H3/p+1. The van der Waals surface area contributed by atoms with Crippen molar-refractivity contribution in [3.05, 3.63) is 78.0 Å². The zero-order valence-electron chi connectivity index (χ0n) is 14.3. The summed E-state index contributed by atoms with van der Waals surface area (Å²) in [7, 11) is 0. The van der Waals surface area contributed by atoms with E-state index in [1.807, 2.05) is 12.2 Å². The summed E-state index contributed by atoms with van der Waals surface area (Å²) in [5, 5.41) is 20.8. The summed E-state index contributed by atoms with van der Waals surface area (Å²) in [6, 6.07) is 4.13. The van der Waals surface area contributed by atoms with E-state index in [4.69, 9.17) is 0 Å². The Morgan fingerprint density at radius 1 is 1.00 bits per heavy atom. The van der Waals surface area contributed by atoms with Crippen LogP contribution < -0.4 is 0 Å². The summed E-state index contributed by atoms with van der Waals surface area (Å²) in [5.41, 5.74) is 3.19. The fourth-order valence-corrected chi connectivity index (χ4v) is 4.78. The molecule has 0 saturated carbocycles. The van der Waals surface area contributed by atoms with Crippen molar-refractivity contribution in [3.8, 4) is 0 Å². The van der Waals surface area contributed by atoms with E-state index in [1.165, 1.54) is 19.6 Å². The van der Waals surface area contributed by atoms with Gasteiger partial charge < -0.3 is 10.2 Å². The van der Waals surface area contributed by atoms with E-state index < -0.39 is 6.10 Å². The van der Waals surface area contributed by atoms with Crippen molar-refractivity contribution in [2.24, 2.45) is 0 Å². The van der Waals surface area contributed by atoms with E-state index in [-0.39, 0.29) is 5.76 Å². The molecule has 3 rings (SSSR count). The first-order chi connectivity index (χ1) is 11.3. The normalized spacial score (nSPS) is 22.3. The van der Waals surface area contributed by atoms with E-state index in [1.54, 1.807) is 23.1 Å². The van der Waals surface area contributed by atoms with Gasteiger partial charge in [0.05, 0.1) is 0 Å². The molecule has 0 aromatic carbocycles. The topological polar surface area (TPSA) is 40.5 Å². The van der Waals surface area contributed by atoms with Gasteiger partial charge in [-0.3, -0.25) is 0 Å². The van der Waals surface area contributed by atoms with E-state index in [0.29, 0.717) is 11.1 Å². The lowest BCUT2D eigenvalue weighted by Crippen LogP contribution is -2.26. The smallest absolute Gasteiger partial charge is 0.217 e. The number of aliphatic hydroxyl groups excluding tert-OH is 2. The molecule has 0 saturated heterocycles. The first-order valence-electron chi connectivity index (χ1n) is 7.84. The molecule has 1 aromatic heterocycles. The summed E-state index contributed by atoms with van der Waals surface area (Å²) in [4.78, 5) is 4.84. The maximum Gasteiger partial charge on any atom is 0.217 e. The zero-order chi connectivity index (χ0) is 17.4. The molecule has 24 heavy (non-hydrogen) atoms. The Labute approximate surface area is 151 Å². The lowest BCUT2D eigenvalue weighted by atomic mass is 9.84. The number of thioether (sulfide) groups is 1. The molecule has 4 heteroatoms. The third-order valence-corrected chi connectivity index (χ3v) is 5.66. The van der Waals surface area contributed by atoms with E-state index in [0.717, 1.165) is 11.1 Å². The summed E-state index contributed by atoms with van der Waals surface area (Å²) < 4.78 is 0. The molecular formula is C20H21O2S2+. The zero-order valence-corrected chi connectivity index (χ0v) is 15.9. The lowest BCUT2D eigenvalue weighted by Gasteiger charge is -2.28. The van der Waals surface area contributed by atoms with Gasteiger partial charge in [0.25, 0.3) is 0 Å². The Bertz CT molecular complexity index is 814. The van der Waals surface area contributed by atoms with Crippen LogP contribution in [0.2, 0.25) is 0 Å². The quantitative estimate of drug-likeness (QED) is 0.667. The largest absolute Gasteiger partial charge is 0.507 e. The highest BCUT2D eigenvalue weighted by Crippen LogP contribution is 2.38. The Balaban J connectivity index is 1.93. The van der Waals surface area contributed by atoms with Gasteiger partial charge in [-0.25, -0.2) is 0 Å². The van der Waals surface area contributed by atoms with Gasteiger partial charge in [-0.2, -0.15) is 0 Å². The van der Waals surface area contributed by atoms with Gasteiger partial charge in [-0.1, -0.05) is 11.8 Å². The van der Waals surface area contributed by atoms with Crippen LogP contribution in [0, 0.1) is 13.8 Å². The lowest BCUT2D eigenvalue weighted by molar-refractivity contribution is 0.208. The van der Waals surface area contributed by atoms with Crippen molar-refractivity contribution in [3.63, 3.8) is 0 Å². The molecule has 2 nitrogen and oxygen atoms in total. The third-order valence-electron chi connectivity index (χ3n) is 3.90. The maximum atomic E-state index is 10.4. The molecule has 2 heterocycles. The van der Waals surface area contributed by atoms with Crippen LogP contribution in [-0.2, 0) is 0 Å². The van der Waals surface area contributed by atoms with Crippen LogP contribution in [-0.4, -0.2) is 16.3 Å². The number of rotatable bonds is 2. The van der Waals surface area contributed by atoms with Gasteiger partial charge in [-0.05, 0) is 59.1 Å². The minimum Gasteiger partial charge on any atom is -0.507 e. The van der Waals surface area contributed by atoms with Crippen molar-refractivity contribution in [2.75, 3.05) is 0 Å². The Morgan fingerprint density at radius 2 is 1.58 bits per heavy atom. The highest BCUT2D eigenvalue weighted by Gasteiger charge is 2.32. The first-order valence-corrected chi connectivity index (χ1v) is 9.47. The number of allylic oxidation sites excluding steroid dienone is 5. The molecule has 0 bridgehead atoms. The first kappa shape index (κ1) is 17.2. The minimum atomic E-state index is -0.737. The van der Waals surface area contributed by atoms with Gasteiger partial charge in [0.1, 0.15) is 11.9 Å². The van der Waals surface area contributed by atoms with Crippen LogP contribution in [0.15, 0.2) is 62.6 Å². The molecule has 1 atom stereocenters. The van der Waals surface area contributed by atoms with Crippen molar-refractivity contribution < 1.29 is 10.2 Å². The summed E-state index contributed by atoms with van der Waals surface area (Å²) in [5.74, 6) is 0.188. The van der Waals surface area contributed by atoms with Crippen LogP contribution >= 0.6 is 23.1 Å². The average molecular weight is 358 g/mol. The van der Waals surface area contributed by atoms with E-state index in [2.05, 4.69) is 52.0 Å². The monoisotopic (exact) mass is 357 g/mol. The number of aryl methyl sites for hydroxylation is 2. The van der Waals surface area contributed by atoms with Gasteiger partial charge in [0.15, 0.2) is 0 Å². The molecule has 1 aliphatic carbocycles. The van der Waals surface area contributed by atoms with Crippen LogP contribution in [0.5, 0.6) is 0 Å². The third kappa shape index (κ3) is 3.56. The summed E-state index contributed by atoms with van der Waals surface area (Å²) in [6.45, 7) is 8.25. The molecule has 2 aliphatic rings. The highest BCUT2D eigenvalue weighted by molar-refractivity contribution is 8.06. The van der Waals surface area contributed by atoms with Gasteiger partial charge >= 0.3 is 0 Å². The minimum absolute atomic E-state index is 0.188. The van der Waals surface area contributed by atoms with Crippen LogP contribution in [0.25, 0.3) is 6.08 Å². The molecule has 0 spiro atoms. The maximum absolute atomic E-state index is 10.4. The Kier molecular flexibility index (Phi) is 4.81. The molecule has 1 aromatic rings. The molecule has 1 aliphatic heterocycles. The molecule has 0 fully saturated rings. The Hall–Kier alpha value is -1.62. The summed E-state index contributed by atoms with van der Waals surface area (Å²) >= 11 is 3.47. The van der Waals surface area contributed by atoms with Gasteiger partial charge in [-0.15, -0.1) is 0 Å². The summed E-state index contributed by atoms with van der Waals surface area (Å²) in [6.07, 6.45) is 7.13. The number of hydrogen-bond acceptors (Lipinski definition) is 3. The molecule has 124 valence electrons. The molecule has 1 unspecified atom stereocenters. The van der Waals surface area contributed by atoms with Crippen LogP contribution in [0.3, 0.4) is 0 Å². The van der Waals surface area contributed by atoms with Crippen molar-refractivity contribution in [2.45, 2.75) is 33.8 Å². The fraction of sp³-hybridized carbons (Fsp3) is 0.250. The van der Waals surface area contributed by atoms with Gasteiger partial charge in [0, 0.05) is 37.1 Å². The van der Waals surface area contributed by atoms with Crippen LogP contribution in [0.4, 0.5) is 0 Å². The predicted molar refractivity (Wildman–Crippen MR) is 105 cm³/mol. The Morgan fingerprint density at radius 3 is 2.12 bits per heavy atom. The van der Waals surface area contributed by atoms with Crippen molar-refractivity contribution in [1.29, 1.82) is 0 Å². The molecule has 2 N–H and O–H groups in total. The van der Waals surface area contributed by atoms with E-state index in [9.17, 15) is 10.2 Å². The fourth-order valence-electron chi connectivity index (χ4n) is 2.98. The van der Waals surface area contributed by atoms with Crippen molar-refractivity contribution in [1.82, 2.24) is 0 Å². The second-order valence-corrected chi connectivity index (χ2v) is 9.16.